The van der Waals surface area contributed by atoms with Crippen molar-refractivity contribution in [2.24, 2.45) is 21.8 Å². The van der Waals surface area contributed by atoms with Gasteiger partial charge in [0.1, 0.15) is 0 Å². The lowest BCUT2D eigenvalue weighted by atomic mass is 9.80. The summed E-state index contributed by atoms with van der Waals surface area (Å²) in [4.78, 5) is 20.2. The minimum Gasteiger partial charge on any atom is -0.353 e. The standard InChI is InChI=1S/C60H40N4/c1-5-21-37(22-6-1)49-53-41-29-13-15-31-43(41)55(61-53)50(38-23-7-2-8-24-38)57-45-33-17-19-35-47(45)59(63-57)52(40-27-11-4-12-28-40)60-48-36-20-18-34-46(48)58(64-60)51(39-25-9-3-10-26-39)56-44-32-16-14-30-42(44)54(49)62-56/h1-36,41,43,62-63H. The van der Waals surface area contributed by atoms with Gasteiger partial charge in [0.25, 0.3) is 0 Å². The number of aromatic nitrogens is 2. The van der Waals surface area contributed by atoms with E-state index in [2.05, 4.69) is 228 Å². The van der Waals surface area contributed by atoms with Crippen molar-refractivity contribution in [2.45, 2.75) is 0 Å². The van der Waals surface area contributed by atoms with Crippen LogP contribution in [0.2, 0.25) is 0 Å². The molecule has 2 aromatic heterocycles. The second kappa shape index (κ2) is 14.6. The predicted molar refractivity (Wildman–Crippen MR) is 264 cm³/mol. The van der Waals surface area contributed by atoms with Gasteiger partial charge in [0, 0.05) is 66.8 Å². The van der Waals surface area contributed by atoms with Crippen LogP contribution in [-0.4, -0.2) is 21.4 Å². The highest BCUT2D eigenvalue weighted by Gasteiger charge is 2.39. The molecule has 8 bridgehead atoms. The van der Waals surface area contributed by atoms with E-state index in [1.165, 1.54) is 0 Å². The molecule has 7 aromatic carbocycles. The van der Waals surface area contributed by atoms with Gasteiger partial charge in [0.15, 0.2) is 0 Å². The van der Waals surface area contributed by atoms with Crippen molar-refractivity contribution in [1.29, 1.82) is 0 Å². The Hall–Kier alpha value is -8.34. The lowest BCUT2D eigenvalue weighted by molar-refractivity contribution is 0.700. The van der Waals surface area contributed by atoms with Crippen molar-refractivity contribution >= 4 is 61.0 Å². The largest absolute Gasteiger partial charge is 0.353 e. The number of hydrogen-bond acceptors (Lipinski definition) is 2. The first-order valence-corrected chi connectivity index (χ1v) is 22.1. The maximum absolute atomic E-state index is 5.96. The summed E-state index contributed by atoms with van der Waals surface area (Å²) in [7, 11) is 0. The normalized spacial score (nSPS) is 17.6. The van der Waals surface area contributed by atoms with E-state index < -0.39 is 0 Å². The van der Waals surface area contributed by atoms with Crippen LogP contribution in [0.25, 0.3) is 49.5 Å². The Morgan fingerprint density at radius 1 is 0.344 bits per heavy atom. The highest BCUT2D eigenvalue weighted by molar-refractivity contribution is 6.37. The average Bonchev–Trinajstić information content (AvgIpc) is 4.14. The molecule has 64 heavy (non-hydrogen) atoms. The average molecular weight is 817 g/mol. The number of aliphatic imine (C=N–C) groups is 2. The Labute approximate surface area is 370 Å². The van der Waals surface area contributed by atoms with Gasteiger partial charge in [-0.05, 0) is 22.3 Å². The van der Waals surface area contributed by atoms with Crippen molar-refractivity contribution in [1.82, 2.24) is 9.97 Å². The van der Waals surface area contributed by atoms with Crippen LogP contribution in [-0.2, 0) is 0 Å². The van der Waals surface area contributed by atoms with E-state index in [1.54, 1.807) is 0 Å². The molecule has 0 spiro atoms. The van der Waals surface area contributed by atoms with Gasteiger partial charge in [-0.3, -0.25) is 4.99 Å². The van der Waals surface area contributed by atoms with Crippen molar-refractivity contribution in [3.05, 3.63) is 280 Å². The molecule has 0 fully saturated rings. The zero-order chi connectivity index (χ0) is 42.1. The lowest BCUT2D eigenvalue weighted by Crippen LogP contribution is -2.26. The first-order chi connectivity index (χ1) is 31.8. The smallest absolute Gasteiger partial charge is 0.0816 e. The number of nitrogens with one attached hydrogen (secondary N) is 2. The van der Waals surface area contributed by atoms with E-state index in [4.69, 9.17) is 9.98 Å². The lowest BCUT2D eigenvalue weighted by Gasteiger charge is -2.21. The number of rotatable bonds is 4. The first-order valence-electron chi connectivity index (χ1n) is 22.1. The van der Waals surface area contributed by atoms with E-state index >= 15 is 0 Å². The summed E-state index contributed by atoms with van der Waals surface area (Å²) in [6.07, 6.45) is 9.09. The van der Waals surface area contributed by atoms with Crippen molar-refractivity contribution in [2.75, 3.05) is 0 Å². The Morgan fingerprint density at radius 2 is 0.781 bits per heavy atom. The van der Waals surface area contributed by atoms with Gasteiger partial charge in [0.2, 0.25) is 0 Å². The molecular formula is C60H40N4. The van der Waals surface area contributed by atoms with Gasteiger partial charge >= 0.3 is 0 Å². The zero-order valence-electron chi connectivity index (χ0n) is 34.8. The Balaban J connectivity index is 1.32. The molecule has 2 aliphatic carbocycles. The predicted octanol–water partition coefficient (Wildman–Crippen LogP) is 12.1. The van der Waals surface area contributed by atoms with Crippen LogP contribution in [0, 0.1) is 11.8 Å². The molecule has 4 nitrogen and oxygen atoms in total. The maximum atomic E-state index is 5.96. The molecule has 2 unspecified atom stereocenters. The molecule has 9 aromatic rings. The monoisotopic (exact) mass is 816 g/mol. The minimum atomic E-state index is -0.0114. The van der Waals surface area contributed by atoms with E-state index in [1.807, 2.05) is 0 Å². The van der Waals surface area contributed by atoms with E-state index in [0.717, 1.165) is 122 Å². The van der Waals surface area contributed by atoms with Gasteiger partial charge in [-0.15, -0.1) is 0 Å². The summed E-state index contributed by atoms with van der Waals surface area (Å²) in [6.45, 7) is 0. The topological polar surface area (TPSA) is 56.3 Å². The summed E-state index contributed by atoms with van der Waals surface area (Å²) in [5.74, 6) is -0.0229. The minimum absolute atomic E-state index is 0.0114. The maximum Gasteiger partial charge on any atom is 0.0816 e. The van der Waals surface area contributed by atoms with Gasteiger partial charge in [-0.2, -0.15) is 0 Å². The number of nitrogens with zero attached hydrogens (tertiary/aromatic N) is 2. The summed E-state index contributed by atoms with van der Waals surface area (Å²) in [5, 5.41) is 6.60. The van der Waals surface area contributed by atoms with Crippen LogP contribution in [0.1, 0.15) is 44.8 Å². The van der Waals surface area contributed by atoms with Crippen LogP contribution in [0.3, 0.4) is 0 Å². The Morgan fingerprint density at radius 3 is 1.38 bits per heavy atom. The number of benzene rings is 7. The Bertz CT molecular complexity index is 3690. The number of H-pyrrole nitrogens is 2. The molecule has 0 amide bonds. The van der Waals surface area contributed by atoms with Crippen LogP contribution in [0.15, 0.2) is 234 Å². The van der Waals surface area contributed by atoms with E-state index in [-0.39, 0.29) is 11.8 Å². The summed E-state index contributed by atoms with van der Waals surface area (Å²) >= 11 is 0. The summed E-state index contributed by atoms with van der Waals surface area (Å²) < 4.78 is 0. The van der Waals surface area contributed by atoms with Crippen molar-refractivity contribution in [3.8, 4) is 0 Å². The van der Waals surface area contributed by atoms with Crippen LogP contribution in [0.4, 0.5) is 0 Å². The number of hydrogen-bond donors (Lipinski definition) is 2. The zero-order valence-corrected chi connectivity index (χ0v) is 34.8. The molecule has 0 radical (unpaired) electrons. The molecule has 300 valence electrons. The molecule has 2 N–H and O–H groups in total. The molecule has 2 atom stereocenters. The third-order valence-electron chi connectivity index (χ3n) is 13.3. The molecule has 4 aliphatic rings. The van der Waals surface area contributed by atoms with Gasteiger partial charge < -0.3 is 9.97 Å². The summed E-state index contributed by atoms with van der Waals surface area (Å²) in [5.41, 5.74) is 16.9. The summed E-state index contributed by atoms with van der Waals surface area (Å²) in [6, 6.07) is 69.6. The van der Waals surface area contributed by atoms with E-state index in [0.29, 0.717) is 0 Å². The second-order valence-corrected chi connectivity index (χ2v) is 16.9. The third kappa shape index (κ3) is 5.56. The third-order valence-corrected chi connectivity index (χ3v) is 13.3. The highest BCUT2D eigenvalue weighted by Crippen LogP contribution is 2.48. The SMILES string of the molecule is C1=CC2C3=NC(=C(c4ccccc4)c4[nH]c(c5ccccc45)C(c4ccccc4)=C4N=C(C(c5ccccc5)=c5[nH]c(c6ccccc56)=C3c3ccccc3)c3ccccc34)C2C=C1. The van der Waals surface area contributed by atoms with Crippen LogP contribution >= 0.6 is 0 Å². The fourth-order valence-electron chi connectivity index (χ4n) is 10.6. The molecule has 0 saturated heterocycles. The molecule has 4 heterocycles. The van der Waals surface area contributed by atoms with Crippen molar-refractivity contribution < 1.29 is 0 Å². The highest BCUT2D eigenvalue weighted by atomic mass is 14.9. The molecular weight excluding hydrogens is 777 g/mol. The molecule has 4 heteroatoms. The molecule has 2 aliphatic heterocycles. The van der Waals surface area contributed by atoms with Crippen LogP contribution < -0.4 is 10.7 Å². The first kappa shape index (κ1) is 36.3. The van der Waals surface area contributed by atoms with Gasteiger partial charge in [0.05, 0.1) is 44.9 Å². The number of allylic oxidation sites excluding steroid dienone is 4. The van der Waals surface area contributed by atoms with Gasteiger partial charge in [-0.25, -0.2) is 4.99 Å². The van der Waals surface area contributed by atoms with Crippen molar-refractivity contribution in [3.63, 3.8) is 0 Å². The van der Waals surface area contributed by atoms with E-state index in [9.17, 15) is 0 Å². The van der Waals surface area contributed by atoms with Crippen LogP contribution in [0.5, 0.6) is 0 Å². The Kier molecular flexibility index (Phi) is 8.31. The number of aromatic amines is 2. The fourth-order valence-corrected chi connectivity index (χ4v) is 10.6. The molecule has 0 saturated carbocycles. The molecule has 13 rings (SSSR count). The quantitative estimate of drug-likeness (QED) is 0.178. The van der Waals surface area contributed by atoms with Gasteiger partial charge in [-0.1, -0.05) is 218 Å². The fraction of sp³-hybridized carbons (Fsp3) is 0.0333. The second-order valence-electron chi connectivity index (χ2n) is 16.9.